The van der Waals surface area contributed by atoms with Crippen molar-refractivity contribution in [3.63, 3.8) is 0 Å². The number of rotatable bonds is 10. The van der Waals surface area contributed by atoms with Gasteiger partial charge in [0.25, 0.3) is 11.5 Å². The van der Waals surface area contributed by atoms with Gasteiger partial charge in [0, 0.05) is 6.54 Å². The molecule has 0 saturated heterocycles. The third-order valence-electron chi connectivity index (χ3n) is 6.32. The predicted octanol–water partition coefficient (Wildman–Crippen LogP) is 3.60. The lowest BCUT2D eigenvalue weighted by Crippen LogP contribution is -2.44. The monoisotopic (exact) mass is 540 g/mol. The van der Waals surface area contributed by atoms with Gasteiger partial charge in [-0.3, -0.25) is 19.1 Å². The van der Waals surface area contributed by atoms with Crippen LogP contribution in [-0.4, -0.2) is 34.6 Å². The zero-order valence-corrected chi connectivity index (χ0v) is 22.5. The van der Waals surface area contributed by atoms with Crippen molar-refractivity contribution in [2.75, 3.05) is 23.8 Å². The first-order valence-electron chi connectivity index (χ1n) is 13.0. The molecule has 0 atom stereocenters. The Kier molecular flexibility index (Phi) is 8.96. The Morgan fingerprint density at radius 3 is 2.15 bits per heavy atom. The van der Waals surface area contributed by atoms with Crippen LogP contribution in [0, 0.1) is 5.92 Å². The number of aromatic nitrogens is 2. The van der Waals surface area contributed by atoms with Crippen molar-refractivity contribution in [2.45, 2.75) is 26.8 Å². The lowest BCUT2D eigenvalue weighted by atomic mass is 10.00. The second-order valence-corrected chi connectivity index (χ2v) is 9.86. The largest absolute Gasteiger partial charge is 0.452 e. The predicted molar refractivity (Wildman–Crippen MR) is 154 cm³/mol. The lowest BCUT2D eigenvalue weighted by Gasteiger charge is -2.26. The van der Waals surface area contributed by atoms with E-state index in [0.29, 0.717) is 12.0 Å². The molecule has 0 aliphatic heterocycles. The average molecular weight is 541 g/mol. The summed E-state index contributed by atoms with van der Waals surface area (Å²) in [6.45, 7) is 3.36. The van der Waals surface area contributed by atoms with E-state index in [-0.39, 0.29) is 30.5 Å². The number of nitrogens with one attached hydrogen (secondary N) is 1. The van der Waals surface area contributed by atoms with Crippen molar-refractivity contribution in [1.82, 2.24) is 9.55 Å². The van der Waals surface area contributed by atoms with Crippen molar-refractivity contribution < 1.29 is 14.3 Å². The van der Waals surface area contributed by atoms with Crippen LogP contribution >= 0.6 is 0 Å². The van der Waals surface area contributed by atoms with E-state index in [9.17, 15) is 19.2 Å². The van der Waals surface area contributed by atoms with Gasteiger partial charge in [-0.05, 0) is 35.1 Å². The minimum absolute atomic E-state index is 0.0560. The van der Waals surface area contributed by atoms with Crippen LogP contribution in [0.15, 0.2) is 94.5 Å². The fourth-order valence-electron chi connectivity index (χ4n) is 4.42. The van der Waals surface area contributed by atoms with Gasteiger partial charge in [0.1, 0.15) is 5.82 Å². The molecule has 0 aliphatic carbocycles. The van der Waals surface area contributed by atoms with Crippen molar-refractivity contribution >= 4 is 23.4 Å². The summed E-state index contributed by atoms with van der Waals surface area (Å²) in [5.41, 5.74) is 7.63. The molecule has 0 aliphatic rings. The Balaban J connectivity index is 1.58. The van der Waals surface area contributed by atoms with E-state index >= 15 is 0 Å². The number of nitrogens with two attached hydrogens (primary N) is 1. The highest BCUT2D eigenvalue weighted by Gasteiger charge is 2.26. The van der Waals surface area contributed by atoms with Crippen LogP contribution < -0.4 is 21.9 Å². The van der Waals surface area contributed by atoms with Crippen LogP contribution in [0.25, 0.3) is 0 Å². The first kappa shape index (κ1) is 28.1. The van der Waals surface area contributed by atoms with Crippen LogP contribution in [0.5, 0.6) is 0 Å². The average Bonchev–Trinajstić information content (AvgIpc) is 2.94. The Hall–Kier alpha value is -4.92. The fraction of sp³-hybridized carbons (Fsp3) is 0.226. The van der Waals surface area contributed by atoms with E-state index in [1.165, 1.54) is 9.47 Å². The summed E-state index contributed by atoms with van der Waals surface area (Å²) in [5, 5.41) is 0. The van der Waals surface area contributed by atoms with Crippen molar-refractivity contribution in [2.24, 2.45) is 5.92 Å². The number of aromatic amines is 1. The number of carbonyl (C=O) groups excluding carboxylic acids is 2. The molecule has 9 nitrogen and oxygen atoms in total. The minimum atomic E-state index is -0.791. The van der Waals surface area contributed by atoms with Gasteiger partial charge in [-0.15, -0.1) is 0 Å². The van der Waals surface area contributed by atoms with E-state index < -0.39 is 29.7 Å². The molecule has 0 spiro atoms. The summed E-state index contributed by atoms with van der Waals surface area (Å²) in [4.78, 5) is 55.4. The van der Waals surface area contributed by atoms with Crippen LogP contribution in [0.2, 0.25) is 0 Å². The molecule has 9 heteroatoms. The molecule has 1 amide bonds. The van der Waals surface area contributed by atoms with E-state index in [1.54, 1.807) is 12.1 Å². The van der Waals surface area contributed by atoms with E-state index in [1.807, 2.05) is 86.6 Å². The van der Waals surface area contributed by atoms with E-state index in [4.69, 9.17) is 10.5 Å². The Bertz CT molecular complexity index is 1590. The number of anilines is 2. The number of carbonyl (C=O) groups is 2. The number of hydrogen-bond acceptors (Lipinski definition) is 6. The summed E-state index contributed by atoms with van der Waals surface area (Å²) in [5.74, 6) is -1.49. The molecule has 0 fully saturated rings. The third kappa shape index (κ3) is 6.74. The molecular formula is C31H32N4O5. The zero-order valence-electron chi connectivity index (χ0n) is 22.5. The topological polar surface area (TPSA) is 127 Å². The second kappa shape index (κ2) is 12.8. The quantitative estimate of drug-likeness (QED) is 0.296. The number of H-pyrrole nitrogens is 1. The third-order valence-corrected chi connectivity index (χ3v) is 6.32. The van der Waals surface area contributed by atoms with Gasteiger partial charge in [0.05, 0.1) is 12.1 Å². The van der Waals surface area contributed by atoms with Gasteiger partial charge in [0.15, 0.2) is 12.3 Å². The highest BCUT2D eigenvalue weighted by Crippen LogP contribution is 2.20. The molecular weight excluding hydrogens is 508 g/mol. The van der Waals surface area contributed by atoms with E-state index in [2.05, 4.69) is 4.98 Å². The molecule has 206 valence electrons. The molecule has 3 aromatic carbocycles. The molecule has 4 rings (SSSR count). The maximum atomic E-state index is 13.4. The molecule has 40 heavy (non-hydrogen) atoms. The summed E-state index contributed by atoms with van der Waals surface area (Å²) in [7, 11) is 0. The van der Waals surface area contributed by atoms with Crippen LogP contribution in [0.3, 0.4) is 0 Å². The number of nitrogen functional groups attached to an aromatic ring is 1. The van der Waals surface area contributed by atoms with Gasteiger partial charge in [0.2, 0.25) is 0 Å². The summed E-state index contributed by atoms with van der Waals surface area (Å²) < 4.78 is 6.64. The number of amides is 1. The van der Waals surface area contributed by atoms with Crippen LogP contribution in [0.1, 0.15) is 40.9 Å². The molecule has 0 bridgehead atoms. The SMILES string of the molecule is CC(C)CN(C(=O)COC(=O)c1ccccc1Cc1ccccc1)c1c(N)n(Cc2ccccc2)c(=O)[nH]c1=O. The lowest BCUT2D eigenvalue weighted by molar-refractivity contribution is -0.121. The molecule has 3 N–H and O–H groups in total. The van der Waals surface area contributed by atoms with Crippen molar-refractivity contribution in [1.29, 1.82) is 0 Å². The Morgan fingerprint density at radius 1 is 0.900 bits per heavy atom. The maximum Gasteiger partial charge on any atom is 0.338 e. The molecule has 0 radical (unpaired) electrons. The van der Waals surface area contributed by atoms with E-state index in [0.717, 1.165) is 16.7 Å². The van der Waals surface area contributed by atoms with Crippen molar-refractivity contribution in [3.8, 4) is 0 Å². The second-order valence-electron chi connectivity index (χ2n) is 9.86. The van der Waals surface area contributed by atoms with Crippen molar-refractivity contribution in [3.05, 3.63) is 128 Å². The molecule has 4 aromatic rings. The van der Waals surface area contributed by atoms with Gasteiger partial charge in [-0.25, -0.2) is 9.59 Å². The highest BCUT2D eigenvalue weighted by molar-refractivity contribution is 5.99. The smallest absolute Gasteiger partial charge is 0.338 e. The van der Waals surface area contributed by atoms with Gasteiger partial charge in [-0.1, -0.05) is 92.7 Å². The molecule has 0 saturated carbocycles. The number of hydrogen-bond donors (Lipinski definition) is 2. The normalized spacial score (nSPS) is 10.9. The summed E-state index contributed by atoms with van der Waals surface area (Å²) in [6.07, 6.45) is 0.522. The zero-order chi connectivity index (χ0) is 28.6. The molecule has 0 unspecified atom stereocenters. The minimum Gasteiger partial charge on any atom is -0.452 e. The standard InChI is InChI=1S/C31H32N4O5/c1-21(2)18-34(27-28(32)35(31(39)33-29(27)37)19-23-13-7-4-8-14-23)26(36)20-40-30(38)25-16-10-9-15-24(25)17-22-11-5-3-6-12-22/h3-16,21H,17-20,32H2,1-2H3,(H,33,37,39). The Labute approximate surface area is 231 Å². The first-order valence-corrected chi connectivity index (χ1v) is 13.0. The number of benzene rings is 3. The van der Waals surface area contributed by atoms with Gasteiger partial charge >= 0.3 is 11.7 Å². The highest BCUT2D eigenvalue weighted by atomic mass is 16.5. The molecule has 1 aromatic heterocycles. The fourth-order valence-corrected chi connectivity index (χ4v) is 4.42. The van der Waals surface area contributed by atoms with Gasteiger partial charge < -0.3 is 15.4 Å². The molecule has 1 heterocycles. The summed E-state index contributed by atoms with van der Waals surface area (Å²) in [6, 6.07) is 25.9. The van der Waals surface area contributed by atoms with Crippen LogP contribution in [0.4, 0.5) is 11.5 Å². The first-order chi connectivity index (χ1) is 19.2. The van der Waals surface area contributed by atoms with Crippen LogP contribution in [-0.2, 0) is 22.5 Å². The Morgan fingerprint density at radius 2 is 1.50 bits per heavy atom. The maximum absolute atomic E-state index is 13.4. The number of esters is 1. The van der Waals surface area contributed by atoms with Gasteiger partial charge in [-0.2, -0.15) is 0 Å². The summed E-state index contributed by atoms with van der Waals surface area (Å²) >= 11 is 0. The number of nitrogens with zero attached hydrogens (tertiary/aromatic N) is 2. The number of ether oxygens (including phenoxy) is 1.